The van der Waals surface area contributed by atoms with Crippen LogP contribution in [0.3, 0.4) is 0 Å². The van der Waals surface area contributed by atoms with E-state index in [-0.39, 0.29) is 0 Å². The van der Waals surface area contributed by atoms with E-state index in [4.69, 9.17) is 5.73 Å². The lowest BCUT2D eigenvalue weighted by Gasteiger charge is -1.98. The van der Waals surface area contributed by atoms with Gasteiger partial charge < -0.3 is 5.73 Å². The van der Waals surface area contributed by atoms with Crippen LogP contribution in [0, 0.1) is 0 Å². The van der Waals surface area contributed by atoms with Gasteiger partial charge in [0.15, 0.2) is 11.6 Å². The zero-order valence-electron chi connectivity index (χ0n) is 9.54. The van der Waals surface area contributed by atoms with Crippen molar-refractivity contribution in [1.82, 2.24) is 20.2 Å². The molecule has 0 atom stereocenters. The second kappa shape index (κ2) is 4.29. The van der Waals surface area contributed by atoms with E-state index in [1.165, 1.54) is 0 Å². The molecule has 0 unspecified atom stereocenters. The Labute approximate surface area is 104 Å². The van der Waals surface area contributed by atoms with Crippen molar-refractivity contribution in [3.63, 3.8) is 0 Å². The molecule has 5 nitrogen and oxygen atoms in total. The highest BCUT2D eigenvalue weighted by atomic mass is 15.2. The van der Waals surface area contributed by atoms with Gasteiger partial charge in [-0.05, 0) is 12.1 Å². The molecule has 0 radical (unpaired) electrons. The molecule has 0 saturated carbocycles. The number of pyridine rings is 1. The largest absolute Gasteiger partial charge is 0.397 e. The van der Waals surface area contributed by atoms with E-state index in [2.05, 4.69) is 20.2 Å². The number of rotatable bonds is 2. The van der Waals surface area contributed by atoms with Crippen LogP contribution in [0.5, 0.6) is 0 Å². The fourth-order valence-electron chi connectivity index (χ4n) is 1.70. The van der Waals surface area contributed by atoms with Crippen molar-refractivity contribution < 1.29 is 0 Å². The summed E-state index contributed by atoms with van der Waals surface area (Å²) in [4.78, 5) is 8.60. The van der Waals surface area contributed by atoms with Crippen LogP contribution < -0.4 is 5.73 Å². The molecule has 18 heavy (non-hydrogen) atoms. The van der Waals surface area contributed by atoms with E-state index >= 15 is 0 Å². The molecule has 3 aromatic rings. The molecule has 1 aromatic carbocycles. The molecular weight excluding hydrogens is 226 g/mol. The van der Waals surface area contributed by atoms with Crippen molar-refractivity contribution in [2.45, 2.75) is 0 Å². The van der Waals surface area contributed by atoms with Gasteiger partial charge in [-0.15, -0.1) is 0 Å². The fourth-order valence-corrected chi connectivity index (χ4v) is 1.70. The lowest BCUT2D eigenvalue weighted by Crippen LogP contribution is -1.93. The second-order valence-electron chi connectivity index (χ2n) is 3.81. The molecule has 2 aromatic heterocycles. The van der Waals surface area contributed by atoms with Crippen molar-refractivity contribution in [1.29, 1.82) is 0 Å². The summed E-state index contributed by atoms with van der Waals surface area (Å²) >= 11 is 0. The molecule has 0 aliphatic rings. The molecular formula is C13H11N5. The first kappa shape index (κ1) is 10.5. The standard InChI is InChI=1S/C13H11N5/c14-10-7-4-8-15-11(10)13-16-12(17-18-13)9-5-2-1-3-6-9/h1-8H,14H2,(H,16,17,18). The number of nitrogen functional groups attached to an aromatic ring is 1. The molecule has 0 aliphatic carbocycles. The Morgan fingerprint density at radius 1 is 1.00 bits per heavy atom. The number of hydrogen-bond donors (Lipinski definition) is 2. The average molecular weight is 237 g/mol. The van der Waals surface area contributed by atoms with Crippen LogP contribution in [-0.4, -0.2) is 20.2 Å². The highest BCUT2D eigenvalue weighted by Crippen LogP contribution is 2.21. The Hall–Kier alpha value is -2.69. The van der Waals surface area contributed by atoms with E-state index in [1.54, 1.807) is 18.3 Å². The molecule has 0 fully saturated rings. The van der Waals surface area contributed by atoms with E-state index in [0.717, 1.165) is 5.56 Å². The predicted octanol–water partition coefficient (Wildman–Crippen LogP) is 2.12. The van der Waals surface area contributed by atoms with E-state index in [9.17, 15) is 0 Å². The third-order valence-corrected chi connectivity index (χ3v) is 2.58. The molecule has 2 heterocycles. The Balaban J connectivity index is 2.03. The third kappa shape index (κ3) is 1.82. The van der Waals surface area contributed by atoms with Gasteiger partial charge in [0, 0.05) is 11.8 Å². The van der Waals surface area contributed by atoms with E-state index in [1.807, 2.05) is 30.3 Å². The number of hydrogen-bond acceptors (Lipinski definition) is 4. The van der Waals surface area contributed by atoms with Gasteiger partial charge in [-0.25, -0.2) is 4.98 Å². The minimum absolute atomic E-state index is 0.576. The normalized spacial score (nSPS) is 10.4. The average Bonchev–Trinajstić information content (AvgIpc) is 2.90. The zero-order valence-corrected chi connectivity index (χ0v) is 9.54. The van der Waals surface area contributed by atoms with Gasteiger partial charge in [-0.3, -0.25) is 10.1 Å². The molecule has 5 heteroatoms. The minimum Gasteiger partial charge on any atom is -0.397 e. The van der Waals surface area contributed by atoms with Crippen LogP contribution in [0.4, 0.5) is 5.69 Å². The van der Waals surface area contributed by atoms with Gasteiger partial charge in [0.1, 0.15) is 5.69 Å². The first-order valence-electron chi connectivity index (χ1n) is 5.53. The number of aromatic nitrogens is 4. The number of H-pyrrole nitrogens is 1. The summed E-state index contributed by atoms with van der Waals surface area (Å²) in [7, 11) is 0. The maximum Gasteiger partial charge on any atom is 0.181 e. The van der Waals surface area contributed by atoms with Crippen LogP contribution in [0.15, 0.2) is 48.7 Å². The molecule has 0 spiro atoms. The Morgan fingerprint density at radius 3 is 2.61 bits per heavy atom. The highest BCUT2D eigenvalue weighted by Gasteiger charge is 2.10. The zero-order chi connectivity index (χ0) is 12.4. The topological polar surface area (TPSA) is 80.5 Å². The number of benzene rings is 1. The summed E-state index contributed by atoms with van der Waals surface area (Å²) in [6, 6.07) is 13.3. The third-order valence-electron chi connectivity index (χ3n) is 2.58. The summed E-state index contributed by atoms with van der Waals surface area (Å²) < 4.78 is 0. The van der Waals surface area contributed by atoms with Crippen LogP contribution in [-0.2, 0) is 0 Å². The first-order chi connectivity index (χ1) is 8.84. The van der Waals surface area contributed by atoms with Crippen LogP contribution in [0.1, 0.15) is 0 Å². The van der Waals surface area contributed by atoms with Crippen LogP contribution in [0.25, 0.3) is 22.9 Å². The molecule has 0 bridgehead atoms. The fraction of sp³-hybridized carbons (Fsp3) is 0. The summed E-state index contributed by atoms with van der Waals surface area (Å²) in [5.41, 5.74) is 8.00. The van der Waals surface area contributed by atoms with Crippen molar-refractivity contribution in [3.8, 4) is 22.9 Å². The van der Waals surface area contributed by atoms with Gasteiger partial charge in [-0.1, -0.05) is 30.3 Å². The molecule has 0 amide bonds. The molecule has 0 saturated heterocycles. The SMILES string of the molecule is Nc1cccnc1-c1nc(-c2ccccc2)n[nH]1. The Bertz CT molecular complexity index is 660. The van der Waals surface area contributed by atoms with Gasteiger partial charge in [0.25, 0.3) is 0 Å². The van der Waals surface area contributed by atoms with Gasteiger partial charge >= 0.3 is 0 Å². The molecule has 88 valence electrons. The lowest BCUT2D eigenvalue weighted by molar-refractivity contribution is 1.09. The quantitative estimate of drug-likeness (QED) is 0.715. The number of nitrogens with one attached hydrogen (secondary N) is 1. The monoisotopic (exact) mass is 237 g/mol. The summed E-state index contributed by atoms with van der Waals surface area (Å²) in [5, 5.41) is 7.03. The van der Waals surface area contributed by atoms with Crippen molar-refractivity contribution in [2.75, 3.05) is 5.73 Å². The van der Waals surface area contributed by atoms with Gasteiger partial charge in [0.05, 0.1) is 5.69 Å². The highest BCUT2D eigenvalue weighted by molar-refractivity contribution is 5.68. The van der Waals surface area contributed by atoms with Gasteiger partial charge in [0.2, 0.25) is 0 Å². The maximum atomic E-state index is 5.85. The van der Waals surface area contributed by atoms with E-state index in [0.29, 0.717) is 23.0 Å². The summed E-state index contributed by atoms with van der Waals surface area (Å²) in [5.74, 6) is 1.21. The Kier molecular flexibility index (Phi) is 2.49. The predicted molar refractivity (Wildman–Crippen MR) is 69.5 cm³/mol. The number of nitrogens with zero attached hydrogens (tertiary/aromatic N) is 3. The molecule has 3 N–H and O–H groups in total. The summed E-state index contributed by atoms with van der Waals surface area (Å²) in [6.07, 6.45) is 1.68. The summed E-state index contributed by atoms with van der Waals surface area (Å²) in [6.45, 7) is 0. The second-order valence-corrected chi connectivity index (χ2v) is 3.81. The lowest BCUT2D eigenvalue weighted by atomic mass is 10.2. The van der Waals surface area contributed by atoms with Gasteiger partial charge in [-0.2, -0.15) is 5.10 Å². The molecule has 0 aliphatic heterocycles. The van der Waals surface area contributed by atoms with Crippen molar-refractivity contribution in [2.24, 2.45) is 0 Å². The number of nitrogens with two attached hydrogens (primary N) is 1. The number of aromatic amines is 1. The van der Waals surface area contributed by atoms with E-state index < -0.39 is 0 Å². The molecule has 3 rings (SSSR count). The van der Waals surface area contributed by atoms with Crippen molar-refractivity contribution >= 4 is 5.69 Å². The minimum atomic E-state index is 0.576. The Morgan fingerprint density at radius 2 is 1.83 bits per heavy atom. The smallest absolute Gasteiger partial charge is 0.181 e. The maximum absolute atomic E-state index is 5.85. The first-order valence-corrected chi connectivity index (χ1v) is 5.53. The van der Waals surface area contributed by atoms with Crippen LogP contribution in [0.2, 0.25) is 0 Å². The number of anilines is 1. The van der Waals surface area contributed by atoms with Crippen LogP contribution >= 0.6 is 0 Å². The van der Waals surface area contributed by atoms with Crippen molar-refractivity contribution in [3.05, 3.63) is 48.7 Å².